The largest absolute Gasteiger partial charge is 0.495 e. The fraction of sp³-hybridized carbons (Fsp3) is 0.286. The first-order valence-electron chi connectivity index (χ1n) is 9.08. The number of benzene rings is 2. The van der Waals surface area contributed by atoms with Crippen molar-refractivity contribution >= 4 is 15.7 Å². The average molecular weight is 398 g/mol. The van der Waals surface area contributed by atoms with Gasteiger partial charge in [0.05, 0.1) is 18.5 Å². The highest BCUT2D eigenvalue weighted by Crippen LogP contribution is 2.40. The van der Waals surface area contributed by atoms with Crippen molar-refractivity contribution in [1.82, 2.24) is 5.16 Å². The maximum absolute atomic E-state index is 13.7. The Morgan fingerprint density at radius 2 is 1.93 bits per heavy atom. The van der Waals surface area contributed by atoms with E-state index in [2.05, 4.69) is 5.16 Å². The van der Waals surface area contributed by atoms with Crippen molar-refractivity contribution in [2.24, 2.45) is 0 Å². The van der Waals surface area contributed by atoms with E-state index in [1.807, 2.05) is 51.1 Å². The second-order valence-electron chi connectivity index (χ2n) is 7.05. The van der Waals surface area contributed by atoms with Crippen LogP contribution in [0, 0.1) is 13.8 Å². The Bertz CT molecular complexity index is 1130. The van der Waals surface area contributed by atoms with Crippen molar-refractivity contribution in [3.63, 3.8) is 0 Å². The molecule has 0 bridgehead atoms. The molecule has 0 N–H and O–H groups in total. The van der Waals surface area contributed by atoms with E-state index < -0.39 is 10.0 Å². The number of methoxy groups -OCH3 is 1. The standard InChI is InChI=1S/C21H22N2O4S/c1-13-11-16-7-5-6-8-18(16)23(13)28(24,25)20-12-17(9-10-19(20)26-4)21-14(2)22-27-15(21)3/h5-10,12-13H,11H2,1-4H3/t13-/m0/s1. The summed E-state index contributed by atoms with van der Waals surface area (Å²) in [7, 11) is -2.35. The number of nitrogens with zero attached hydrogens (tertiary/aromatic N) is 2. The third kappa shape index (κ3) is 2.77. The highest BCUT2D eigenvalue weighted by molar-refractivity contribution is 7.93. The van der Waals surface area contributed by atoms with Crippen molar-refractivity contribution < 1.29 is 17.7 Å². The monoisotopic (exact) mass is 398 g/mol. The van der Waals surface area contributed by atoms with E-state index >= 15 is 0 Å². The van der Waals surface area contributed by atoms with Crippen LogP contribution in [0.5, 0.6) is 5.75 Å². The summed E-state index contributed by atoms with van der Waals surface area (Å²) in [5, 5.41) is 3.98. The van der Waals surface area contributed by atoms with E-state index in [-0.39, 0.29) is 10.9 Å². The minimum atomic E-state index is -3.83. The molecule has 146 valence electrons. The zero-order valence-electron chi connectivity index (χ0n) is 16.3. The van der Waals surface area contributed by atoms with Crippen LogP contribution in [0.3, 0.4) is 0 Å². The van der Waals surface area contributed by atoms with Crippen LogP contribution in [0.15, 0.2) is 51.9 Å². The molecule has 3 aromatic rings. The quantitative estimate of drug-likeness (QED) is 0.661. The molecule has 4 rings (SSSR count). The number of sulfonamides is 1. The second kappa shape index (κ2) is 6.67. The van der Waals surface area contributed by atoms with Crippen LogP contribution in [-0.2, 0) is 16.4 Å². The number of para-hydroxylation sites is 1. The molecule has 0 saturated carbocycles. The first-order valence-corrected chi connectivity index (χ1v) is 10.5. The summed E-state index contributed by atoms with van der Waals surface area (Å²) in [6, 6.07) is 12.6. The van der Waals surface area contributed by atoms with E-state index in [1.54, 1.807) is 12.1 Å². The van der Waals surface area contributed by atoms with Gasteiger partial charge in [-0.25, -0.2) is 8.42 Å². The van der Waals surface area contributed by atoms with Crippen LogP contribution < -0.4 is 9.04 Å². The highest BCUT2D eigenvalue weighted by atomic mass is 32.2. The molecule has 6 nitrogen and oxygen atoms in total. The minimum Gasteiger partial charge on any atom is -0.495 e. The fourth-order valence-corrected chi connectivity index (χ4v) is 5.82. The smallest absolute Gasteiger partial charge is 0.268 e. The number of anilines is 1. The van der Waals surface area contributed by atoms with Gasteiger partial charge in [0.2, 0.25) is 0 Å². The average Bonchev–Trinajstić information content (AvgIpc) is 3.19. The van der Waals surface area contributed by atoms with E-state index in [0.29, 0.717) is 23.6 Å². The Hall–Kier alpha value is -2.80. The fourth-order valence-electron chi connectivity index (χ4n) is 3.94. The summed E-state index contributed by atoms with van der Waals surface area (Å²) in [5.74, 6) is 0.956. The maximum atomic E-state index is 13.7. The van der Waals surface area contributed by atoms with Gasteiger partial charge in [0.15, 0.2) is 0 Å². The van der Waals surface area contributed by atoms with Crippen molar-refractivity contribution in [2.75, 3.05) is 11.4 Å². The molecule has 0 spiro atoms. The topological polar surface area (TPSA) is 72.6 Å². The number of ether oxygens (including phenoxy) is 1. The Morgan fingerprint density at radius 1 is 1.18 bits per heavy atom. The van der Waals surface area contributed by atoms with Crippen molar-refractivity contribution in [2.45, 2.75) is 38.1 Å². The van der Waals surface area contributed by atoms with Crippen LogP contribution in [0.2, 0.25) is 0 Å². The Kier molecular flexibility index (Phi) is 4.42. The molecule has 0 fully saturated rings. The van der Waals surface area contributed by atoms with E-state index in [4.69, 9.17) is 9.26 Å². The molecule has 0 amide bonds. The lowest BCUT2D eigenvalue weighted by Gasteiger charge is -2.25. The number of hydrogen-bond acceptors (Lipinski definition) is 5. The second-order valence-corrected chi connectivity index (χ2v) is 8.83. The SMILES string of the molecule is COc1ccc(-c2c(C)noc2C)cc1S(=O)(=O)N1c2ccccc2C[C@@H]1C. The van der Waals surface area contributed by atoms with Gasteiger partial charge >= 0.3 is 0 Å². The lowest BCUT2D eigenvalue weighted by atomic mass is 10.0. The number of aryl methyl sites for hydroxylation is 2. The summed E-state index contributed by atoms with van der Waals surface area (Å²) in [4.78, 5) is 0.135. The van der Waals surface area contributed by atoms with Crippen LogP contribution >= 0.6 is 0 Å². The van der Waals surface area contributed by atoms with Gasteiger partial charge in [-0.2, -0.15) is 0 Å². The number of fused-ring (bicyclic) bond motifs is 1. The maximum Gasteiger partial charge on any atom is 0.268 e. The number of rotatable bonds is 4. The minimum absolute atomic E-state index is 0.135. The first-order chi connectivity index (χ1) is 13.3. The Morgan fingerprint density at radius 3 is 2.61 bits per heavy atom. The zero-order chi connectivity index (χ0) is 20.1. The molecule has 2 heterocycles. The molecule has 1 aliphatic heterocycles. The normalized spacial score (nSPS) is 16.3. The molecule has 0 aliphatic carbocycles. The van der Waals surface area contributed by atoms with Crippen molar-refractivity contribution in [1.29, 1.82) is 0 Å². The molecule has 7 heteroatoms. The Balaban J connectivity index is 1.89. The van der Waals surface area contributed by atoms with Crippen LogP contribution in [0.4, 0.5) is 5.69 Å². The summed E-state index contributed by atoms with van der Waals surface area (Å²) < 4.78 is 39.5. The predicted octanol–water partition coefficient (Wildman–Crippen LogP) is 4.11. The third-order valence-corrected chi connectivity index (χ3v) is 7.12. The van der Waals surface area contributed by atoms with Gasteiger partial charge in [-0.1, -0.05) is 29.4 Å². The molecule has 0 saturated heterocycles. The molecular formula is C21H22N2O4S. The lowest BCUT2D eigenvalue weighted by molar-refractivity contribution is 0.393. The molecule has 0 unspecified atom stereocenters. The van der Waals surface area contributed by atoms with E-state index in [1.165, 1.54) is 11.4 Å². The summed E-state index contributed by atoms with van der Waals surface area (Å²) in [6.45, 7) is 5.57. The molecule has 2 aromatic carbocycles. The lowest BCUT2D eigenvalue weighted by Crippen LogP contribution is -2.35. The van der Waals surface area contributed by atoms with Crippen molar-refractivity contribution in [3.8, 4) is 16.9 Å². The number of hydrogen-bond donors (Lipinski definition) is 0. The summed E-state index contributed by atoms with van der Waals surface area (Å²) in [5.41, 5.74) is 4.00. The summed E-state index contributed by atoms with van der Waals surface area (Å²) >= 11 is 0. The van der Waals surface area contributed by atoms with Crippen LogP contribution in [0.25, 0.3) is 11.1 Å². The van der Waals surface area contributed by atoms with Gasteiger partial charge < -0.3 is 9.26 Å². The van der Waals surface area contributed by atoms with Gasteiger partial charge in [-0.05, 0) is 56.5 Å². The van der Waals surface area contributed by atoms with Gasteiger partial charge in [0.25, 0.3) is 10.0 Å². The van der Waals surface area contributed by atoms with E-state index in [9.17, 15) is 8.42 Å². The molecule has 28 heavy (non-hydrogen) atoms. The predicted molar refractivity (Wildman–Crippen MR) is 107 cm³/mol. The van der Waals surface area contributed by atoms with Gasteiger partial charge in [0, 0.05) is 11.6 Å². The molecule has 1 aromatic heterocycles. The molecule has 1 aliphatic rings. The van der Waals surface area contributed by atoms with Gasteiger partial charge in [-0.15, -0.1) is 0 Å². The van der Waals surface area contributed by atoms with Crippen molar-refractivity contribution in [3.05, 3.63) is 59.5 Å². The third-order valence-electron chi connectivity index (χ3n) is 5.17. The molecule has 1 atom stereocenters. The molecular weight excluding hydrogens is 376 g/mol. The van der Waals surface area contributed by atoms with E-state index in [0.717, 1.165) is 22.4 Å². The van der Waals surface area contributed by atoms with Gasteiger partial charge in [-0.3, -0.25) is 4.31 Å². The summed E-state index contributed by atoms with van der Waals surface area (Å²) in [6.07, 6.45) is 0.682. The zero-order valence-corrected chi connectivity index (χ0v) is 17.1. The van der Waals surface area contributed by atoms with Crippen LogP contribution in [0.1, 0.15) is 23.9 Å². The first kappa shape index (κ1) is 18.6. The highest BCUT2D eigenvalue weighted by Gasteiger charge is 2.37. The Labute approximate surface area is 164 Å². The number of aromatic nitrogens is 1. The molecule has 0 radical (unpaired) electrons. The van der Waals surface area contributed by atoms with Gasteiger partial charge in [0.1, 0.15) is 16.4 Å². The van der Waals surface area contributed by atoms with Crippen LogP contribution in [-0.4, -0.2) is 26.7 Å².